The lowest BCUT2D eigenvalue weighted by atomic mass is 10.5. The van der Waals surface area contributed by atoms with Gasteiger partial charge >= 0.3 is 0 Å². The Morgan fingerprint density at radius 3 is 3.38 bits per heavy atom. The van der Waals surface area contributed by atoms with Crippen molar-refractivity contribution in [2.45, 2.75) is 6.92 Å². The molecule has 13 heavy (non-hydrogen) atoms. The van der Waals surface area contributed by atoms with Crippen molar-refractivity contribution in [1.82, 2.24) is 14.6 Å². The molecule has 0 atom stereocenters. The third kappa shape index (κ3) is 1.35. The van der Waals surface area contributed by atoms with Gasteiger partial charge in [-0.25, -0.2) is 0 Å². The van der Waals surface area contributed by atoms with Gasteiger partial charge in [-0.15, -0.1) is 10.2 Å². The summed E-state index contributed by atoms with van der Waals surface area (Å²) < 4.78 is 1.88. The monoisotopic (exact) mass is 175 g/mol. The molecule has 0 aromatic carbocycles. The molecule has 66 valence electrons. The first-order valence-electron chi connectivity index (χ1n) is 3.94. The Hall–Kier alpha value is -1.91. The SMILES string of the molecule is C/C=N/Nc1nncn2cccc12. The van der Waals surface area contributed by atoms with E-state index in [0.717, 1.165) is 5.52 Å². The molecular weight excluding hydrogens is 166 g/mol. The van der Waals surface area contributed by atoms with Crippen LogP contribution in [0.3, 0.4) is 0 Å². The van der Waals surface area contributed by atoms with Crippen LogP contribution in [0.15, 0.2) is 29.8 Å². The van der Waals surface area contributed by atoms with Gasteiger partial charge in [-0.3, -0.25) is 5.43 Å². The van der Waals surface area contributed by atoms with E-state index in [2.05, 4.69) is 20.7 Å². The second-order valence-electron chi connectivity index (χ2n) is 2.48. The molecule has 2 aromatic rings. The number of nitrogens with zero attached hydrogens (tertiary/aromatic N) is 4. The van der Waals surface area contributed by atoms with E-state index >= 15 is 0 Å². The minimum absolute atomic E-state index is 0.658. The minimum Gasteiger partial charge on any atom is -0.303 e. The Kier molecular flexibility index (Phi) is 1.91. The van der Waals surface area contributed by atoms with Crippen LogP contribution in [-0.2, 0) is 0 Å². The van der Waals surface area contributed by atoms with Crippen LogP contribution in [0.2, 0.25) is 0 Å². The smallest absolute Gasteiger partial charge is 0.193 e. The van der Waals surface area contributed by atoms with Crippen molar-refractivity contribution in [3.63, 3.8) is 0 Å². The number of hydrogen-bond donors (Lipinski definition) is 1. The van der Waals surface area contributed by atoms with Gasteiger partial charge in [-0.1, -0.05) is 0 Å². The van der Waals surface area contributed by atoms with Gasteiger partial charge in [0.15, 0.2) is 5.82 Å². The molecule has 0 aliphatic rings. The van der Waals surface area contributed by atoms with Crippen molar-refractivity contribution < 1.29 is 0 Å². The summed E-state index contributed by atoms with van der Waals surface area (Å²) in [6.45, 7) is 1.83. The zero-order chi connectivity index (χ0) is 9.10. The van der Waals surface area contributed by atoms with E-state index in [1.807, 2.05) is 29.7 Å². The van der Waals surface area contributed by atoms with E-state index in [1.165, 1.54) is 0 Å². The molecular formula is C8H9N5. The molecule has 0 amide bonds. The van der Waals surface area contributed by atoms with E-state index in [9.17, 15) is 0 Å². The Balaban J connectivity index is 2.48. The molecule has 0 unspecified atom stereocenters. The molecule has 5 nitrogen and oxygen atoms in total. The van der Waals surface area contributed by atoms with Crippen molar-refractivity contribution >= 4 is 17.5 Å². The molecule has 1 N–H and O–H groups in total. The normalized spacial score (nSPS) is 11.2. The van der Waals surface area contributed by atoms with Crippen LogP contribution in [0.5, 0.6) is 0 Å². The van der Waals surface area contributed by atoms with Gasteiger partial charge in [0.25, 0.3) is 0 Å². The van der Waals surface area contributed by atoms with Crippen LogP contribution < -0.4 is 5.43 Å². The second kappa shape index (κ2) is 3.22. The molecule has 0 spiro atoms. The summed E-state index contributed by atoms with van der Waals surface area (Å²) in [6.07, 6.45) is 5.22. The molecule has 5 heteroatoms. The highest BCUT2D eigenvalue weighted by Gasteiger charge is 1.99. The minimum atomic E-state index is 0.658. The van der Waals surface area contributed by atoms with Gasteiger partial charge in [-0.2, -0.15) is 5.10 Å². The van der Waals surface area contributed by atoms with Crippen molar-refractivity contribution in [3.8, 4) is 0 Å². The van der Waals surface area contributed by atoms with E-state index in [-0.39, 0.29) is 0 Å². The quantitative estimate of drug-likeness (QED) is 0.550. The fourth-order valence-electron chi connectivity index (χ4n) is 1.09. The highest BCUT2D eigenvalue weighted by atomic mass is 15.4. The average Bonchev–Trinajstić information content (AvgIpc) is 2.62. The number of hydrazone groups is 1. The first kappa shape index (κ1) is 7.72. The number of nitrogens with one attached hydrogen (secondary N) is 1. The Labute approximate surface area is 75.1 Å². The van der Waals surface area contributed by atoms with Crippen LogP contribution >= 0.6 is 0 Å². The van der Waals surface area contributed by atoms with Crippen LogP contribution in [0.25, 0.3) is 5.52 Å². The number of aromatic nitrogens is 3. The lowest BCUT2D eigenvalue weighted by molar-refractivity contribution is 0.947. The summed E-state index contributed by atoms with van der Waals surface area (Å²) >= 11 is 0. The predicted octanol–water partition coefficient (Wildman–Crippen LogP) is 1.15. The summed E-state index contributed by atoms with van der Waals surface area (Å²) in [4.78, 5) is 0. The lowest BCUT2D eigenvalue weighted by Crippen LogP contribution is -1.97. The molecule has 0 fully saturated rings. The molecule has 0 saturated carbocycles. The largest absolute Gasteiger partial charge is 0.303 e. The number of rotatable bonds is 2. The highest BCUT2D eigenvalue weighted by molar-refractivity contribution is 5.68. The fourth-order valence-corrected chi connectivity index (χ4v) is 1.09. The summed E-state index contributed by atoms with van der Waals surface area (Å²) in [7, 11) is 0. The maximum atomic E-state index is 3.92. The Bertz CT molecular complexity index is 431. The standard InChI is InChI=1S/C8H9N5/c1-2-9-11-8-7-4-3-5-13(7)6-10-12-8/h2-6H,1H3,(H,11,12)/b9-2+. The van der Waals surface area contributed by atoms with Crippen LogP contribution in [0.4, 0.5) is 5.82 Å². The van der Waals surface area contributed by atoms with Gasteiger partial charge in [0.1, 0.15) is 6.33 Å². The van der Waals surface area contributed by atoms with Gasteiger partial charge in [0, 0.05) is 12.4 Å². The van der Waals surface area contributed by atoms with Crippen molar-refractivity contribution in [2.24, 2.45) is 5.10 Å². The molecule has 2 aromatic heterocycles. The number of anilines is 1. The van der Waals surface area contributed by atoms with E-state index < -0.39 is 0 Å². The van der Waals surface area contributed by atoms with Gasteiger partial charge < -0.3 is 4.40 Å². The number of fused-ring (bicyclic) bond motifs is 1. The van der Waals surface area contributed by atoms with Crippen LogP contribution in [0, 0.1) is 0 Å². The maximum absolute atomic E-state index is 3.92. The first-order valence-corrected chi connectivity index (χ1v) is 3.94. The molecule has 0 radical (unpaired) electrons. The molecule has 0 aliphatic heterocycles. The zero-order valence-electron chi connectivity index (χ0n) is 7.18. The Morgan fingerprint density at radius 2 is 2.54 bits per heavy atom. The third-order valence-corrected chi connectivity index (χ3v) is 1.65. The lowest BCUT2D eigenvalue weighted by Gasteiger charge is -1.99. The highest BCUT2D eigenvalue weighted by Crippen LogP contribution is 2.11. The predicted molar refractivity (Wildman–Crippen MR) is 50.8 cm³/mol. The molecule has 2 heterocycles. The molecule has 0 aliphatic carbocycles. The van der Waals surface area contributed by atoms with Crippen LogP contribution in [-0.4, -0.2) is 20.8 Å². The average molecular weight is 175 g/mol. The van der Waals surface area contributed by atoms with Crippen molar-refractivity contribution in [3.05, 3.63) is 24.7 Å². The summed E-state index contributed by atoms with van der Waals surface area (Å²) in [6, 6.07) is 3.88. The molecule has 0 saturated heterocycles. The fraction of sp³-hybridized carbons (Fsp3) is 0.125. The summed E-state index contributed by atoms with van der Waals surface area (Å²) in [5, 5.41) is 11.6. The summed E-state index contributed by atoms with van der Waals surface area (Å²) in [5.41, 5.74) is 3.76. The van der Waals surface area contributed by atoms with E-state index in [0.29, 0.717) is 5.82 Å². The maximum Gasteiger partial charge on any atom is 0.193 e. The second-order valence-corrected chi connectivity index (χ2v) is 2.48. The molecule has 0 bridgehead atoms. The van der Waals surface area contributed by atoms with Gasteiger partial charge in [-0.05, 0) is 19.1 Å². The van der Waals surface area contributed by atoms with E-state index in [4.69, 9.17) is 0 Å². The van der Waals surface area contributed by atoms with Gasteiger partial charge in [0.2, 0.25) is 0 Å². The van der Waals surface area contributed by atoms with Crippen molar-refractivity contribution in [2.75, 3.05) is 5.43 Å². The topological polar surface area (TPSA) is 54.6 Å². The van der Waals surface area contributed by atoms with Gasteiger partial charge in [0.05, 0.1) is 5.52 Å². The third-order valence-electron chi connectivity index (χ3n) is 1.65. The number of hydrogen-bond acceptors (Lipinski definition) is 4. The van der Waals surface area contributed by atoms with E-state index in [1.54, 1.807) is 12.5 Å². The zero-order valence-corrected chi connectivity index (χ0v) is 7.18. The Morgan fingerprint density at radius 1 is 1.62 bits per heavy atom. The first-order chi connectivity index (χ1) is 6.42. The molecule has 2 rings (SSSR count). The summed E-state index contributed by atoms with van der Waals surface area (Å²) in [5.74, 6) is 0.658. The van der Waals surface area contributed by atoms with Crippen molar-refractivity contribution in [1.29, 1.82) is 0 Å². The van der Waals surface area contributed by atoms with Crippen LogP contribution in [0.1, 0.15) is 6.92 Å².